The van der Waals surface area contributed by atoms with Crippen LogP contribution in [0.5, 0.6) is 0 Å². The van der Waals surface area contributed by atoms with Gasteiger partial charge in [0.15, 0.2) is 5.60 Å². The normalized spacial score (nSPS) is 18.1. The molecule has 35 heavy (non-hydrogen) atoms. The second kappa shape index (κ2) is 12.2. The second-order valence-electron chi connectivity index (χ2n) is 8.32. The number of amides is 2. The Morgan fingerprint density at radius 1 is 1.20 bits per heavy atom. The minimum atomic E-state index is -2.10. The van der Waals surface area contributed by atoms with E-state index >= 15 is 0 Å². The number of methoxy groups -OCH3 is 1. The summed E-state index contributed by atoms with van der Waals surface area (Å²) in [6, 6.07) is 4.31. The number of carboxylic acid groups (broad SMARTS) is 1. The van der Waals surface area contributed by atoms with Crippen LogP contribution in [0.4, 0.5) is 0 Å². The molecule has 2 rings (SSSR count). The molecule has 1 saturated heterocycles. The van der Waals surface area contributed by atoms with E-state index in [0.29, 0.717) is 0 Å². The van der Waals surface area contributed by atoms with Gasteiger partial charge in [-0.05, 0) is 30.5 Å². The van der Waals surface area contributed by atoms with Crippen molar-refractivity contribution in [1.29, 1.82) is 0 Å². The van der Waals surface area contributed by atoms with Crippen LogP contribution in [0.1, 0.15) is 43.5 Å². The van der Waals surface area contributed by atoms with E-state index in [1.54, 1.807) is 0 Å². The fourth-order valence-electron chi connectivity index (χ4n) is 3.44. The maximum Gasteiger partial charge on any atom is 0.552 e. The SMILES string of the molecule is COC(=O)CC1(CC(=O)O)OB([C@H](CC(C)C)NC(=O)CNC(=O)c2cc(Cl)ccc2Cl)OC1=O. The Bertz CT molecular complexity index is 1010. The lowest BCUT2D eigenvalue weighted by Crippen LogP contribution is -2.51. The van der Waals surface area contributed by atoms with Crippen molar-refractivity contribution in [2.75, 3.05) is 13.7 Å². The lowest BCUT2D eigenvalue weighted by molar-refractivity contribution is -0.159. The fraction of sp³-hybridized carbons (Fsp3) is 0.476. The summed E-state index contributed by atoms with van der Waals surface area (Å²) in [6.07, 6.45) is -1.24. The fourth-order valence-corrected chi connectivity index (χ4v) is 3.82. The van der Waals surface area contributed by atoms with Crippen molar-refractivity contribution >= 4 is 60.0 Å². The molecule has 1 aliphatic heterocycles. The molecule has 3 N–H and O–H groups in total. The highest BCUT2D eigenvalue weighted by Crippen LogP contribution is 2.32. The topological polar surface area (TPSA) is 157 Å². The standard InChI is InChI=1S/C21H25BCl2N2O9/c1-11(2)6-15(22-34-20(32)21(35-22,8-17(28)29)9-18(30)33-3)26-16(27)10-25-19(31)13-7-12(23)4-5-14(13)24/h4-5,7,11,15H,6,8-10H2,1-3H3,(H,25,31)(H,26,27)(H,28,29)/t15-,21?/m0/s1. The molecule has 2 amide bonds. The molecule has 1 fully saturated rings. The third-order valence-corrected chi connectivity index (χ3v) is 5.58. The molecular weight excluding hydrogens is 506 g/mol. The summed E-state index contributed by atoms with van der Waals surface area (Å²) in [5.41, 5.74) is -2.01. The molecule has 0 spiro atoms. The molecule has 1 aromatic carbocycles. The molecule has 14 heteroatoms. The van der Waals surface area contributed by atoms with Crippen LogP contribution in [-0.2, 0) is 33.2 Å². The number of aliphatic carboxylic acids is 1. The van der Waals surface area contributed by atoms with E-state index in [1.807, 2.05) is 13.8 Å². The highest BCUT2D eigenvalue weighted by Gasteiger charge is 2.58. The third-order valence-electron chi connectivity index (χ3n) is 5.01. The number of benzene rings is 1. The van der Waals surface area contributed by atoms with Crippen molar-refractivity contribution in [3.63, 3.8) is 0 Å². The van der Waals surface area contributed by atoms with Crippen LogP contribution >= 0.6 is 23.2 Å². The molecule has 1 aromatic rings. The van der Waals surface area contributed by atoms with Crippen molar-refractivity contribution in [2.45, 2.75) is 44.7 Å². The van der Waals surface area contributed by atoms with Crippen LogP contribution in [0.15, 0.2) is 18.2 Å². The van der Waals surface area contributed by atoms with E-state index in [1.165, 1.54) is 18.2 Å². The number of carboxylic acids is 1. The van der Waals surface area contributed by atoms with Crippen molar-refractivity contribution < 1.29 is 43.1 Å². The number of halogens is 2. The zero-order chi connectivity index (χ0) is 26.3. The van der Waals surface area contributed by atoms with Crippen molar-refractivity contribution in [1.82, 2.24) is 10.6 Å². The number of hydrogen-bond donors (Lipinski definition) is 3. The summed E-state index contributed by atoms with van der Waals surface area (Å²) < 4.78 is 15.4. The van der Waals surface area contributed by atoms with Gasteiger partial charge in [-0.1, -0.05) is 37.0 Å². The molecule has 190 valence electrons. The Morgan fingerprint density at radius 3 is 2.49 bits per heavy atom. The van der Waals surface area contributed by atoms with E-state index < -0.39 is 67.8 Å². The number of carbonyl (C=O) groups excluding carboxylic acids is 4. The molecule has 11 nitrogen and oxygen atoms in total. The average molecular weight is 531 g/mol. The molecular formula is C21H25BCl2N2O9. The van der Waals surface area contributed by atoms with Gasteiger partial charge in [0.05, 0.1) is 43.0 Å². The molecule has 0 aromatic heterocycles. The van der Waals surface area contributed by atoms with Crippen LogP contribution < -0.4 is 10.6 Å². The summed E-state index contributed by atoms with van der Waals surface area (Å²) in [4.78, 5) is 60.7. The summed E-state index contributed by atoms with van der Waals surface area (Å²) >= 11 is 11.9. The second-order valence-corrected chi connectivity index (χ2v) is 9.16. The number of ether oxygens (including phenoxy) is 1. The van der Waals surface area contributed by atoms with Crippen LogP contribution in [0.3, 0.4) is 0 Å². The van der Waals surface area contributed by atoms with Gasteiger partial charge in [-0.15, -0.1) is 0 Å². The Morgan fingerprint density at radius 2 is 1.89 bits per heavy atom. The molecule has 2 atom stereocenters. The van der Waals surface area contributed by atoms with Crippen molar-refractivity contribution in [3.8, 4) is 0 Å². The van der Waals surface area contributed by atoms with E-state index in [2.05, 4.69) is 15.4 Å². The summed E-state index contributed by atoms with van der Waals surface area (Å²) in [6.45, 7) is 3.25. The Hall–Kier alpha value is -2.83. The van der Waals surface area contributed by atoms with Crippen molar-refractivity contribution in [3.05, 3.63) is 33.8 Å². The predicted molar refractivity (Wildman–Crippen MR) is 125 cm³/mol. The Balaban J connectivity index is 2.12. The first-order chi connectivity index (χ1) is 16.4. The van der Waals surface area contributed by atoms with Gasteiger partial charge in [0.25, 0.3) is 5.91 Å². The maximum absolute atomic E-state index is 12.6. The highest BCUT2D eigenvalue weighted by molar-refractivity contribution is 6.51. The van der Waals surface area contributed by atoms with Gasteiger partial charge in [0, 0.05) is 5.02 Å². The maximum atomic E-state index is 12.6. The van der Waals surface area contributed by atoms with Crippen LogP contribution in [0.25, 0.3) is 0 Å². The quantitative estimate of drug-likeness (QED) is 0.285. The van der Waals surface area contributed by atoms with E-state index in [4.69, 9.17) is 32.5 Å². The third kappa shape index (κ3) is 7.84. The predicted octanol–water partition coefficient (Wildman–Crippen LogP) is 1.63. The first-order valence-electron chi connectivity index (χ1n) is 10.6. The molecule has 1 heterocycles. The molecule has 0 radical (unpaired) electrons. The number of rotatable bonds is 11. The summed E-state index contributed by atoms with van der Waals surface area (Å²) in [5.74, 6) is -5.47. The molecule has 0 saturated carbocycles. The minimum Gasteiger partial charge on any atom is -0.506 e. The molecule has 0 aliphatic carbocycles. The lowest BCUT2D eigenvalue weighted by atomic mass is 9.74. The number of hydrogen-bond acceptors (Lipinski definition) is 8. The van der Waals surface area contributed by atoms with Crippen molar-refractivity contribution in [2.24, 2.45) is 5.92 Å². The Kier molecular flexibility index (Phi) is 9.93. The van der Waals surface area contributed by atoms with E-state index in [9.17, 15) is 29.1 Å². The largest absolute Gasteiger partial charge is 0.552 e. The first-order valence-corrected chi connectivity index (χ1v) is 11.3. The van der Waals surface area contributed by atoms with Gasteiger partial charge in [-0.2, -0.15) is 0 Å². The zero-order valence-corrected chi connectivity index (χ0v) is 20.8. The first kappa shape index (κ1) is 28.4. The lowest BCUT2D eigenvalue weighted by Gasteiger charge is -2.24. The van der Waals surface area contributed by atoms with Gasteiger partial charge in [0.1, 0.15) is 0 Å². The summed E-state index contributed by atoms with van der Waals surface area (Å²) in [7, 11) is -0.280. The van der Waals surface area contributed by atoms with E-state index in [-0.39, 0.29) is 27.9 Å². The smallest absolute Gasteiger partial charge is 0.506 e. The molecule has 1 aliphatic rings. The molecule has 0 bridgehead atoms. The average Bonchev–Trinajstić information content (AvgIpc) is 3.07. The van der Waals surface area contributed by atoms with Gasteiger partial charge < -0.3 is 29.8 Å². The minimum absolute atomic E-state index is 0.00228. The van der Waals surface area contributed by atoms with Gasteiger partial charge >= 0.3 is 25.0 Å². The Labute approximate surface area is 211 Å². The van der Waals surface area contributed by atoms with Gasteiger partial charge in [-0.3, -0.25) is 24.0 Å². The number of nitrogens with one attached hydrogen (secondary N) is 2. The highest BCUT2D eigenvalue weighted by atomic mass is 35.5. The van der Waals surface area contributed by atoms with Gasteiger partial charge in [0.2, 0.25) is 5.91 Å². The van der Waals surface area contributed by atoms with Crippen LogP contribution in [0.2, 0.25) is 10.0 Å². The van der Waals surface area contributed by atoms with Crippen LogP contribution in [0, 0.1) is 5.92 Å². The summed E-state index contributed by atoms with van der Waals surface area (Å²) in [5, 5.41) is 14.7. The number of esters is 1. The monoisotopic (exact) mass is 530 g/mol. The van der Waals surface area contributed by atoms with Crippen LogP contribution in [-0.4, -0.2) is 67.1 Å². The number of carbonyl (C=O) groups is 5. The molecule has 1 unspecified atom stereocenters. The van der Waals surface area contributed by atoms with Gasteiger partial charge in [-0.25, -0.2) is 0 Å². The zero-order valence-electron chi connectivity index (χ0n) is 19.3. The van der Waals surface area contributed by atoms with E-state index in [0.717, 1.165) is 7.11 Å².